The maximum atomic E-state index is 11.3. The molecular formula is C15H13NO2. The van der Waals surface area contributed by atoms with Gasteiger partial charge in [-0.15, -0.1) is 0 Å². The summed E-state index contributed by atoms with van der Waals surface area (Å²) in [6.07, 6.45) is 0. The predicted molar refractivity (Wildman–Crippen MR) is 71.8 cm³/mol. The van der Waals surface area contributed by atoms with Crippen molar-refractivity contribution in [3.8, 4) is 0 Å². The Bertz CT molecular complexity index is 689. The summed E-state index contributed by atoms with van der Waals surface area (Å²) in [6, 6.07) is 15.2. The lowest BCUT2D eigenvalue weighted by atomic mass is 10.2. The molecule has 1 unspecified atom stereocenters. The third-order valence-electron chi connectivity index (χ3n) is 3.36. The minimum Gasteiger partial charge on any atom is -0.480 e. The molecule has 1 aromatic heterocycles. The fourth-order valence-corrected chi connectivity index (χ4v) is 2.48. The molecule has 2 aromatic carbocycles. The molecule has 0 spiro atoms. The summed E-state index contributed by atoms with van der Waals surface area (Å²) in [5.74, 6) is -0.818. The number of rotatable bonds is 2. The van der Waals surface area contributed by atoms with Crippen molar-refractivity contribution in [3.63, 3.8) is 0 Å². The zero-order valence-electron chi connectivity index (χ0n) is 10.00. The standard InChI is InChI=1S/C15H13NO2/c1-10(15(17)18)16-13-8-4-2-6-11(13)12-7-3-5-9-14(12)16/h2-10H,1H3,(H,17,18). The molecule has 0 saturated carbocycles. The number of benzene rings is 2. The Balaban J connectivity index is 2.49. The fourth-order valence-electron chi connectivity index (χ4n) is 2.48. The van der Waals surface area contributed by atoms with Crippen LogP contribution in [0.4, 0.5) is 0 Å². The molecule has 0 aliphatic carbocycles. The molecule has 0 fully saturated rings. The van der Waals surface area contributed by atoms with Gasteiger partial charge in [0.1, 0.15) is 6.04 Å². The van der Waals surface area contributed by atoms with Crippen LogP contribution in [0.1, 0.15) is 13.0 Å². The van der Waals surface area contributed by atoms with Gasteiger partial charge in [0.15, 0.2) is 0 Å². The van der Waals surface area contributed by atoms with Crippen molar-refractivity contribution in [2.75, 3.05) is 0 Å². The first-order chi connectivity index (χ1) is 8.70. The SMILES string of the molecule is CC(C(=O)O)n1c2ccccc2c2ccccc21. The second kappa shape index (κ2) is 3.88. The topological polar surface area (TPSA) is 42.2 Å². The summed E-state index contributed by atoms with van der Waals surface area (Å²) in [4.78, 5) is 11.3. The molecule has 0 bridgehead atoms. The Kier molecular flexibility index (Phi) is 2.33. The number of carboxylic acids is 1. The lowest BCUT2D eigenvalue weighted by Crippen LogP contribution is -2.15. The van der Waals surface area contributed by atoms with Crippen molar-refractivity contribution in [2.45, 2.75) is 13.0 Å². The first-order valence-corrected chi connectivity index (χ1v) is 5.90. The molecule has 1 atom stereocenters. The lowest BCUT2D eigenvalue weighted by Gasteiger charge is -2.11. The van der Waals surface area contributed by atoms with E-state index in [1.54, 1.807) is 6.92 Å². The summed E-state index contributed by atoms with van der Waals surface area (Å²) >= 11 is 0. The largest absolute Gasteiger partial charge is 0.480 e. The van der Waals surface area contributed by atoms with Crippen molar-refractivity contribution in [2.24, 2.45) is 0 Å². The minimum atomic E-state index is -0.818. The van der Waals surface area contributed by atoms with Gasteiger partial charge in [0.05, 0.1) is 0 Å². The smallest absolute Gasteiger partial charge is 0.326 e. The van der Waals surface area contributed by atoms with Crippen LogP contribution < -0.4 is 0 Å². The zero-order chi connectivity index (χ0) is 12.7. The molecule has 3 heteroatoms. The number of aromatic nitrogens is 1. The van der Waals surface area contributed by atoms with Gasteiger partial charge in [0.25, 0.3) is 0 Å². The van der Waals surface area contributed by atoms with E-state index in [2.05, 4.69) is 0 Å². The zero-order valence-corrected chi connectivity index (χ0v) is 10.00. The van der Waals surface area contributed by atoms with Crippen LogP contribution in [0.3, 0.4) is 0 Å². The number of aliphatic carboxylic acids is 1. The van der Waals surface area contributed by atoms with E-state index in [4.69, 9.17) is 0 Å². The first-order valence-electron chi connectivity index (χ1n) is 5.90. The Morgan fingerprint density at radius 2 is 1.44 bits per heavy atom. The van der Waals surface area contributed by atoms with Crippen molar-refractivity contribution in [1.29, 1.82) is 0 Å². The molecule has 3 rings (SSSR count). The Labute approximate surface area is 104 Å². The second-order valence-electron chi connectivity index (χ2n) is 4.42. The van der Waals surface area contributed by atoms with Gasteiger partial charge in [-0.3, -0.25) is 0 Å². The second-order valence-corrected chi connectivity index (χ2v) is 4.42. The molecule has 0 aliphatic heterocycles. The average molecular weight is 239 g/mol. The molecule has 1 heterocycles. The van der Waals surface area contributed by atoms with Gasteiger partial charge in [0.2, 0.25) is 0 Å². The molecule has 0 saturated heterocycles. The van der Waals surface area contributed by atoms with E-state index in [0.717, 1.165) is 21.8 Å². The van der Waals surface area contributed by atoms with E-state index in [-0.39, 0.29) is 0 Å². The first kappa shape index (κ1) is 10.8. The van der Waals surface area contributed by atoms with Crippen LogP contribution in [0.15, 0.2) is 48.5 Å². The van der Waals surface area contributed by atoms with Crippen molar-refractivity contribution in [1.82, 2.24) is 4.57 Å². The fraction of sp³-hybridized carbons (Fsp3) is 0.133. The Hall–Kier alpha value is -2.29. The van der Waals surface area contributed by atoms with Gasteiger partial charge in [-0.25, -0.2) is 4.79 Å². The molecular weight excluding hydrogens is 226 g/mol. The normalized spacial score (nSPS) is 12.9. The van der Waals surface area contributed by atoms with E-state index >= 15 is 0 Å². The van der Waals surface area contributed by atoms with Gasteiger partial charge in [-0.2, -0.15) is 0 Å². The predicted octanol–water partition coefficient (Wildman–Crippen LogP) is 3.44. The molecule has 1 N–H and O–H groups in total. The summed E-state index contributed by atoms with van der Waals surface area (Å²) in [7, 11) is 0. The minimum absolute atomic E-state index is 0.574. The molecule has 3 nitrogen and oxygen atoms in total. The number of hydrogen-bond donors (Lipinski definition) is 1. The molecule has 0 aliphatic rings. The highest BCUT2D eigenvalue weighted by Gasteiger charge is 2.19. The van der Waals surface area contributed by atoms with Crippen LogP contribution in [0.2, 0.25) is 0 Å². The van der Waals surface area contributed by atoms with Gasteiger partial charge in [-0.05, 0) is 19.1 Å². The highest BCUT2D eigenvalue weighted by Crippen LogP contribution is 2.31. The maximum Gasteiger partial charge on any atom is 0.326 e. The highest BCUT2D eigenvalue weighted by atomic mass is 16.4. The van der Waals surface area contributed by atoms with E-state index in [1.807, 2.05) is 53.1 Å². The van der Waals surface area contributed by atoms with Gasteiger partial charge >= 0.3 is 5.97 Å². The molecule has 18 heavy (non-hydrogen) atoms. The van der Waals surface area contributed by atoms with E-state index in [0.29, 0.717) is 0 Å². The van der Waals surface area contributed by atoms with Gasteiger partial charge in [-0.1, -0.05) is 36.4 Å². The molecule has 0 radical (unpaired) electrons. The maximum absolute atomic E-state index is 11.3. The average Bonchev–Trinajstić information content (AvgIpc) is 2.72. The number of para-hydroxylation sites is 2. The number of fused-ring (bicyclic) bond motifs is 3. The van der Waals surface area contributed by atoms with Crippen LogP contribution in [0.25, 0.3) is 21.8 Å². The van der Waals surface area contributed by atoms with Crippen molar-refractivity contribution in [3.05, 3.63) is 48.5 Å². The molecule has 90 valence electrons. The summed E-state index contributed by atoms with van der Waals surface area (Å²) in [5.41, 5.74) is 1.93. The van der Waals surface area contributed by atoms with Crippen LogP contribution in [-0.4, -0.2) is 15.6 Å². The van der Waals surface area contributed by atoms with Crippen LogP contribution >= 0.6 is 0 Å². The van der Waals surface area contributed by atoms with E-state index in [1.165, 1.54) is 0 Å². The highest BCUT2D eigenvalue weighted by molar-refractivity contribution is 6.08. The molecule has 0 amide bonds. The van der Waals surface area contributed by atoms with E-state index < -0.39 is 12.0 Å². The summed E-state index contributed by atoms with van der Waals surface area (Å²) in [5, 5.41) is 11.4. The van der Waals surface area contributed by atoms with Crippen LogP contribution in [0, 0.1) is 0 Å². The van der Waals surface area contributed by atoms with E-state index in [9.17, 15) is 9.90 Å². The number of carbonyl (C=O) groups is 1. The van der Waals surface area contributed by atoms with Crippen LogP contribution in [0.5, 0.6) is 0 Å². The van der Waals surface area contributed by atoms with Gasteiger partial charge in [0, 0.05) is 21.8 Å². The van der Waals surface area contributed by atoms with Gasteiger partial charge < -0.3 is 9.67 Å². The number of nitrogens with zero attached hydrogens (tertiary/aromatic N) is 1. The lowest BCUT2D eigenvalue weighted by molar-refractivity contribution is -0.140. The molecule has 3 aromatic rings. The van der Waals surface area contributed by atoms with Crippen molar-refractivity contribution >= 4 is 27.8 Å². The Morgan fingerprint density at radius 3 is 1.89 bits per heavy atom. The quantitative estimate of drug-likeness (QED) is 0.744. The Morgan fingerprint density at radius 1 is 1.00 bits per heavy atom. The third kappa shape index (κ3) is 1.40. The summed E-state index contributed by atoms with van der Waals surface area (Å²) < 4.78 is 1.88. The van der Waals surface area contributed by atoms with Crippen LogP contribution in [-0.2, 0) is 4.79 Å². The third-order valence-corrected chi connectivity index (χ3v) is 3.36. The monoisotopic (exact) mass is 239 g/mol. The number of hydrogen-bond acceptors (Lipinski definition) is 1. The summed E-state index contributed by atoms with van der Waals surface area (Å²) in [6.45, 7) is 1.71. The van der Waals surface area contributed by atoms with Crippen molar-refractivity contribution < 1.29 is 9.90 Å². The number of carboxylic acid groups (broad SMARTS) is 1.